The highest BCUT2D eigenvalue weighted by Gasteiger charge is 2.30. The summed E-state index contributed by atoms with van der Waals surface area (Å²) in [7, 11) is 0. The summed E-state index contributed by atoms with van der Waals surface area (Å²) in [6, 6.07) is 0.485. The quantitative estimate of drug-likeness (QED) is 0.866. The third-order valence-corrected chi connectivity index (χ3v) is 3.63. The van der Waals surface area contributed by atoms with E-state index in [1.807, 2.05) is 12.5 Å². The first kappa shape index (κ1) is 12.6. The minimum Gasteiger partial charge on any atom is -0.331 e. The van der Waals surface area contributed by atoms with Gasteiger partial charge in [-0.1, -0.05) is 0 Å². The molecule has 0 radical (unpaired) electrons. The second-order valence-electron chi connectivity index (χ2n) is 5.80. The van der Waals surface area contributed by atoms with Crippen LogP contribution in [0.1, 0.15) is 39.4 Å². The SMILES string of the molecule is CC(C)n1cncc1CN1CCNCC1(C)C. The second-order valence-corrected chi connectivity index (χ2v) is 5.80. The lowest BCUT2D eigenvalue weighted by Crippen LogP contribution is -2.57. The number of hydrogen-bond donors (Lipinski definition) is 1. The predicted molar refractivity (Wildman–Crippen MR) is 70.0 cm³/mol. The summed E-state index contributed by atoms with van der Waals surface area (Å²) in [6.45, 7) is 13.2. The molecule has 1 fully saturated rings. The number of nitrogens with zero attached hydrogens (tertiary/aromatic N) is 3. The Hall–Kier alpha value is -0.870. The van der Waals surface area contributed by atoms with Crippen molar-refractivity contribution >= 4 is 0 Å². The lowest BCUT2D eigenvalue weighted by atomic mass is 10.00. The van der Waals surface area contributed by atoms with Crippen LogP contribution in [-0.2, 0) is 6.54 Å². The summed E-state index contributed by atoms with van der Waals surface area (Å²) in [5, 5.41) is 3.46. The van der Waals surface area contributed by atoms with Crippen molar-refractivity contribution in [1.29, 1.82) is 0 Å². The standard InChI is InChI=1S/C13H24N4/c1-11(2)17-10-15-7-12(17)8-16-6-5-14-9-13(16,3)4/h7,10-11,14H,5-6,8-9H2,1-4H3. The molecule has 4 nitrogen and oxygen atoms in total. The van der Waals surface area contributed by atoms with E-state index >= 15 is 0 Å². The first-order chi connectivity index (χ1) is 8.00. The molecule has 1 aromatic heterocycles. The second kappa shape index (κ2) is 4.78. The Kier molecular flexibility index (Phi) is 3.54. The van der Waals surface area contributed by atoms with Crippen molar-refractivity contribution < 1.29 is 0 Å². The number of hydrogen-bond acceptors (Lipinski definition) is 3. The van der Waals surface area contributed by atoms with Gasteiger partial charge in [0, 0.05) is 44.0 Å². The molecule has 2 rings (SSSR count). The van der Waals surface area contributed by atoms with E-state index in [1.165, 1.54) is 5.69 Å². The maximum atomic E-state index is 4.28. The molecular formula is C13H24N4. The molecule has 0 aromatic carbocycles. The number of imidazole rings is 1. The Labute approximate surface area is 104 Å². The average molecular weight is 236 g/mol. The van der Waals surface area contributed by atoms with Gasteiger partial charge in [0.15, 0.2) is 0 Å². The molecule has 1 aliphatic rings. The average Bonchev–Trinajstić information content (AvgIpc) is 2.69. The van der Waals surface area contributed by atoms with E-state index in [0.29, 0.717) is 6.04 Å². The number of aromatic nitrogens is 2. The van der Waals surface area contributed by atoms with Crippen molar-refractivity contribution in [3.8, 4) is 0 Å². The van der Waals surface area contributed by atoms with Crippen molar-refractivity contribution in [2.45, 2.75) is 45.8 Å². The minimum absolute atomic E-state index is 0.227. The van der Waals surface area contributed by atoms with Gasteiger partial charge in [-0.15, -0.1) is 0 Å². The van der Waals surface area contributed by atoms with Crippen LogP contribution < -0.4 is 5.32 Å². The molecule has 0 atom stereocenters. The fourth-order valence-electron chi connectivity index (χ4n) is 2.43. The van der Waals surface area contributed by atoms with Crippen molar-refractivity contribution in [3.05, 3.63) is 18.2 Å². The van der Waals surface area contributed by atoms with Crippen LogP contribution in [0.4, 0.5) is 0 Å². The number of rotatable bonds is 3. The first-order valence-corrected chi connectivity index (χ1v) is 6.47. The van der Waals surface area contributed by atoms with Gasteiger partial charge in [-0.3, -0.25) is 4.90 Å². The summed E-state index contributed by atoms with van der Waals surface area (Å²) in [4.78, 5) is 6.82. The zero-order chi connectivity index (χ0) is 12.5. The van der Waals surface area contributed by atoms with E-state index in [2.05, 4.69) is 47.5 Å². The van der Waals surface area contributed by atoms with E-state index < -0.39 is 0 Å². The first-order valence-electron chi connectivity index (χ1n) is 6.47. The molecule has 0 bridgehead atoms. The van der Waals surface area contributed by atoms with Crippen LogP contribution in [0.3, 0.4) is 0 Å². The molecular weight excluding hydrogens is 212 g/mol. The maximum absolute atomic E-state index is 4.28. The summed E-state index contributed by atoms with van der Waals surface area (Å²) < 4.78 is 2.26. The molecule has 1 aromatic rings. The fourth-order valence-corrected chi connectivity index (χ4v) is 2.43. The van der Waals surface area contributed by atoms with Crippen LogP contribution in [0.25, 0.3) is 0 Å². The van der Waals surface area contributed by atoms with Gasteiger partial charge in [0.25, 0.3) is 0 Å². The minimum atomic E-state index is 0.227. The van der Waals surface area contributed by atoms with Crippen LogP contribution in [0.5, 0.6) is 0 Å². The summed E-state index contributed by atoms with van der Waals surface area (Å²) in [5.41, 5.74) is 1.54. The van der Waals surface area contributed by atoms with Gasteiger partial charge < -0.3 is 9.88 Å². The summed E-state index contributed by atoms with van der Waals surface area (Å²) in [5.74, 6) is 0. The van der Waals surface area contributed by atoms with Gasteiger partial charge in [-0.2, -0.15) is 0 Å². The van der Waals surface area contributed by atoms with Gasteiger partial charge in [0.2, 0.25) is 0 Å². The van der Waals surface area contributed by atoms with Crippen molar-refractivity contribution in [2.24, 2.45) is 0 Å². The molecule has 1 saturated heterocycles. The van der Waals surface area contributed by atoms with Crippen molar-refractivity contribution in [1.82, 2.24) is 19.8 Å². The molecule has 0 aliphatic carbocycles. The highest BCUT2D eigenvalue weighted by Crippen LogP contribution is 2.20. The molecule has 1 aliphatic heterocycles. The maximum Gasteiger partial charge on any atom is 0.0951 e. The topological polar surface area (TPSA) is 33.1 Å². The van der Waals surface area contributed by atoms with Gasteiger partial charge in [0.1, 0.15) is 0 Å². The van der Waals surface area contributed by atoms with Crippen LogP contribution in [0.15, 0.2) is 12.5 Å². The van der Waals surface area contributed by atoms with Gasteiger partial charge in [-0.05, 0) is 27.7 Å². The Morgan fingerprint density at radius 2 is 2.24 bits per heavy atom. The smallest absolute Gasteiger partial charge is 0.0951 e. The van der Waals surface area contributed by atoms with Crippen LogP contribution in [0.2, 0.25) is 0 Å². The number of piperazine rings is 1. The normalized spacial score (nSPS) is 21.0. The Morgan fingerprint density at radius 1 is 1.47 bits per heavy atom. The van der Waals surface area contributed by atoms with Gasteiger partial charge in [0.05, 0.1) is 12.0 Å². The zero-order valence-electron chi connectivity index (χ0n) is 11.4. The predicted octanol–water partition coefficient (Wildman–Crippen LogP) is 1.65. The van der Waals surface area contributed by atoms with Crippen LogP contribution >= 0.6 is 0 Å². The highest BCUT2D eigenvalue weighted by atomic mass is 15.3. The highest BCUT2D eigenvalue weighted by molar-refractivity contribution is 5.02. The van der Waals surface area contributed by atoms with E-state index in [0.717, 1.165) is 26.2 Å². The zero-order valence-corrected chi connectivity index (χ0v) is 11.4. The van der Waals surface area contributed by atoms with E-state index in [-0.39, 0.29) is 5.54 Å². The Balaban J connectivity index is 2.11. The molecule has 4 heteroatoms. The lowest BCUT2D eigenvalue weighted by molar-refractivity contribution is 0.0799. The van der Waals surface area contributed by atoms with E-state index in [1.54, 1.807) is 0 Å². The molecule has 0 amide bonds. The van der Waals surface area contributed by atoms with Crippen molar-refractivity contribution in [2.75, 3.05) is 19.6 Å². The Bertz CT molecular complexity index is 367. The lowest BCUT2D eigenvalue weighted by Gasteiger charge is -2.42. The molecule has 96 valence electrons. The molecule has 2 heterocycles. The van der Waals surface area contributed by atoms with E-state index in [9.17, 15) is 0 Å². The molecule has 0 unspecified atom stereocenters. The fraction of sp³-hybridized carbons (Fsp3) is 0.769. The summed E-state index contributed by atoms with van der Waals surface area (Å²) in [6.07, 6.45) is 3.94. The van der Waals surface area contributed by atoms with E-state index in [4.69, 9.17) is 0 Å². The number of nitrogens with one attached hydrogen (secondary N) is 1. The molecule has 1 N–H and O–H groups in total. The van der Waals surface area contributed by atoms with Crippen LogP contribution in [-0.4, -0.2) is 39.6 Å². The van der Waals surface area contributed by atoms with Crippen LogP contribution in [0, 0.1) is 0 Å². The molecule has 0 saturated carbocycles. The Morgan fingerprint density at radius 3 is 2.88 bits per heavy atom. The third kappa shape index (κ3) is 2.69. The summed E-state index contributed by atoms with van der Waals surface area (Å²) >= 11 is 0. The monoisotopic (exact) mass is 236 g/mol. The van der Waals surface area contributed by atoms with Gasteiger partial charge >= 0.3 is 0 Å². The molecule has 17 heavy (non-hydrogen) atoms. The van der Waals surface area contributed by atoms with Gasteiger partial charge in [-0.25, -0.2) is 4.98 Å². The third-order valence-electron chi connectivity index (χ3n) is 3.63. The largest absolute Gasteiger partial charge is 0.331 e. The molecule has 0 spiro atoms. The van der Waals surface area contributed by atoms with Crippen molar-refractivity contribution in [3.63, 3.8) is 0 Å².